The van der Waals surface area contributed by atoms with E-state index in [0.29, 0.717) is 12.2 Å². The third kappa shape index (κ3) is 3.99. The molecule has 128 valence electrons. The number of carbonyl (C=O) groups is 1. The number of hydrogen-bond acceptors (Lipinski definition) is 4. The Hall–Kier alpha value is -2.40. The second kappa shape index (κ2) is 7.66. The summed E-state index contributed by atoms with van der Waals surface area (Å²) in [7, 11) is 0. The Labute approximate surface area is 152 Å². The van der Waals surface area contributed by atoms with Crippen LogP contribution < -0.4 is 0 Å². The van der Waals surface area contributed by atoms with E-state index in [1.54, 1.807) is 0 Å². The first-order valence-electron chi connectivity index (χ1n) is 8.32. The standard InChI is InChI=1S/C20H21N3OS/c1-4-18(24)13-25-20-22-21-19(16-9-5-14(2)6-10-16)23(20)17-11-7-15(3)8-12-17/h5-12H,4,13H2,1-3H3. The van der Waals surface area contributed by atoms with Gasteiger partial charge in [-0.15, -0.1) is 10.2 Å². The van der Waals surface area contributed by atoms with Crippen LogP contribution in [0.1, 0.15) is 24.5 Å². The molecule has 0 fully saturated rings. The molecule has 2 aromatic carbocycles. The number of nitrogens with zero attached hydrogens (tertiary/aromatic N) is 3. The van der Waals surface area contributed by atoms with E-state index in [1.165, 1.54) is 22.9 Å². The average Bonchev–Trinajstić information content (AvgIpc) is 3.05. The number of aromatic nitrogens is 3. The smallest absolute Gasteiger partial charge is 0.196 e. The van der Waals surface area contributed by atoms with Gasteiger partial charge in [0.05, 0.1) is 5.75 Å². The van der Waals surface area contributed by atoms with Crippen molar-refractivity contribution < 1.29 is 4.79 Å². The van der Waals surface area contributed by atoms with Crippen LogP contribution in [0.3, 0.4) is 0 Å². The molecule has 0 radical (unpaired) electrons. The van der Waals surface area contributed by atoms with Gasteiger partial charge in [-0.2, -0.15) is 0 Å². The molecular formula is C20H21N3OS. The Morgan fingerprint density at radius 1 is 0.960 bits per heavy atom. The van der Waals surface area contributed by atoms with Gasteiger partial charge >= 0.3 is 0 Å². The lowest BCUT2D eigenvalue weighted by Crippen LogP contribution is -2.03. The Morgan fingerprint density at radius 2 is 1.56 bits per heavy atom. The summed E-state index contributed by atoms with van der Waals surface area (Å²) in [4.78, 5) is 11.7. The van der Waals surface area contributed by atoms with Crippen molar-refractivity contribution in [2.45, 2.75) is 32.3 Å². The number of benzene rings is 2. The minimum absolute atomic E-state index is 0.209. The monoisotopic (exact) mass is 351 g/mol. The lowest BCUT2D eigenvalue weighted by molar-refractivity contribution is -0.116. The van der Waals surface area contributed by atoms with Crippen LogP contribution in [0.25, 0.3) is 17.1 Å². The molecule has 0 aliphatic heterocycles. The second-order valence-electron chi connectivity index (χ2n) is 6.02. The van der Waals surface area contributed by atoms with Crippen LogP contribution in [0.2, 0.25) is 0 Å². The molecular weight excluding hydrogens is 330 g/mol. The van der Waals surface area contributed by atoms with E-state index in [0.717, 1.165) is 22.2 Å². The minimum Gasteiger partial charge on any atom is -0.299 e. The molecule has 5 heteroatoms. The van der Waals surface area contributed by atoms with E-state index < -0.39 is 0 Å². The highest BCUT2D eigenvalue weighted by atomic mass is 32.2. The van der Waals surface area contributed by atoms with Crippen molar-refractivity contribution in [1.82, 2.24) is 14.8 Å². The minimum atomic E-state index is 0.209. The number of hydrogen-bond donors (Lipinski definition) is 0. The van der Waals surface area contributed by atoms with Crippen LogP contribution >= 0.6 is 11.8 Å². The summed E-state index contributed by atoms with van der Waals surface area (Å²) in [5.74, 6) is 1.41. The first-order chi connectivity index (χ1) is 12.1. The SMILES string of the molecule is CCC(=O)CSc1nnc(-c2ccc(C)cc2)n1-c1ccc(C)cc1. The van der Waals surface area contributed by atoms with Crippen molar-refractivity contribution in [2.75, 3.05) is 5.75 Å². The predicted molar refractivity (Wildman–Crippen MR) is 102 cm³/mol. The number of rotatable bonds is 6. The Kier molecular flexibility index (Phi) is 5.34. The lowest BCUT2D eigenvalue weighted by atomic mass is 10.1. The molecule has 3 aromatic rings. The molecule has 0 bridgehead atoms. The zero-order chi connectivity index (χ0) is 17.8. The van der Waals surface area contributed by atoms with Gasteiger partial charge in [-0.1, -0.05) is 66.2 Å². The lowest BCUT2D eigenvalue weighted by Gasteiger charge is -2.10. The van der Waals surface area contributed by atoms with E-state index in [1.807, 2.05) is 11.5 Å². The number of carbonyl (C=O) groups excluding carboxylic acids is 1. The normalized spacial score (nSPS) is 10.8. The summed E-state index contributed by atoms with van der Waals surface area (Å²) in [6, 6.07) is 16.5. The van der Waals surface area contributed by atoms with Gasteiger partial charge in [-0.25, -0.2) is 0 Å². The Bertz CT molecular complexity index is 867. The highest BCUT2D eigenvalue weighted by Gasteiger charge is 2.16. The van der Waals surface area contributed by atoms with E-state index in [-0.39, 0.29) is 5.78 Å². The molecule has 25 heavy (non-hydrogen) atoms. The third-order valence-electron chi connectivity index (χ3n) is 3.99. The van der Waals surface area contributed by atoms with Crippen molar-refractivity contribution in [3.05, 3.63) is 59.7 Å². The molecule has 0 N–H and O–H groups in total. The maximum atomic E-state index is 11.7. The molecule has 1 heterocycles. The molecule has 0 unspecified atom stereocenters. The molecule has 0 aliphatic carbocycles. The molecule has 0 saturated carbocycles. The van der Waals surface area contributed by atoms with Gasteiger partial charge in [0.1, 0.15) is 5.78 Å². The van der Waals surface area contributed by atoms with Gasteiger partial charge in [0.2, 0.25) is 0 Å². The quantitative estimate of drug-likeness (QED) is 0.608. The first-order valence-corrected chi connectivity index (χ1v) is 9.31. The predicted octanol–water partition coefficient (Wildman–Crippen LogP) is 4.62. The topological polar surface area (TPSA) is 47.8 Å². The molecule has 0 amide bonds. The summed E-state index contributed by atoms with van der Waals surface area (Å²) in [5, 5.41) is 9.48. The van der Waals surface area contributed by atoms with Gasteiger partial charge in [0.15, 0.2) is 11.0 Å². The third-order valence-corrected chi connectivity index (χ3v) is 4.98. The van der Waals surface area contributed by atoms with Crippen molar-refractivity contribution in [1.29, 1.82) is 0 Å². The van der Waals surface area contributed by atoms with Crippen molar-refractivity contribution in [3.63, 3.8) is 0 Å². The molecule has 3 rings (SSSR count). The van der Waals surface area contributed by atoms with Gasteiger partial charge < -0.3 is 0 Å². The van der Waals surface area contributed by atoms with Crippen LogP contribution in [0.15, 0.2) is 53.7 Å². The number of aryl methyl sites for hydroxylation is 2. The van der Waals surface area contributed by atoms with Crippen LogP contribution in [0.5, 0.6) is 0 Å². The fourth-order valence-electron chi connectivity index (χ4n) is 2.43. The molecule has 1 aromatic heterocycles. The van der Waals surface area contributed by atoms with Gasteiger partial charge in [0.25, 0.3) is 0 Å². The van der Waals surface area contributed by atoms with Gasteiger partial charge in [-0.3, -0.25) is 9.36 Å². The highest BCUT2D eigenvalue weighted by Crippen LogP contribution is 2.28. The van der Waals surface area contributed by atoms with Crippen LogP contribution in [0, 0.1) is 13.8 Å². The Morgan fingerprint density at radius 3 is 2.16 bits per heavy atom. The van der Waals surface area contributed by atoms with Gasteiger partial charge in [0, 0.05) is 17.7 Å². The molecule has 0 atom stereocenters. The molecule has 0 aliphatic rings. The van der Waals surface area contributed by atoms with Crippen LogP contribution in [-0.2, 0) is 4.79 Å². The average molecular weight is 351 g/mol. The van der Waals surface area contributed by atoms with E-state index >= 15 is 0 Å². The van der Waals surface area contributed by atoms with Crippen LogP contribution in [-0.4, -0.2) is 26.3 Å². The summed E-state index contributed by atoms with van der Waals surface area (Å²) in [5.41, 5.74) is 4.40. The maximum Gasteiger partial charge on any atom is 0.196 e. The van der Waals surface area contributed by atoms with Crippen molar-refractivity contribution >= 4 is 17.5 Å². The largest absolute Gasteiger partial charge is 0.299 e. The Balaban J connectivity index is 2.05. The van der Waals surface area contributed by atoms with Crippen molar-refractivity contribution in [2.24, 2.45) is 0 Å². The van der Waals surface area contributed by atoms with Crippen LogP contribution in [0.4, 0.5) is 0 Å². The van der Waals surface area contributed by atoms with Crippen molar-refractivity contribution in [3.8, 4) is 17.1 Å². The van der Waals surface area contributed by atoms with E-state index in [9.17, 15) is 4.79 Å². The fraction of sp³-hybridized carbons (Fsp3) is 0.250. The summed E-state index contributed by atoms with van der Waals surface area (Å²) >= 11 is 1.44. The zero-order valence-corrected chi connectivity index (χ0v) is 15.5. The number of thioether (sulfide) groups is 1. The highest BCUT2D eigenvalue weighted by molar-refractivity contribution is 7.99. The number of ketones is 1. The summed E-state index contributed by atoms with van der Waals surface area (Å²) < 4.78 is 2.03. The fourth-order valence-corrected chi connectivity index (χ4v) is 3.34. The second-order valence-corrected chi connectivity index (χ2v) is 6.97. The first kappa shape index (κ1) is 17.4. The molecule has 0 spiro atoms. The molecule has 4 nitrogen and oxygen atoms in total. The summed E-state index contributed by atoms with van der Waals surface area (Å²) in [6.07, 6.45) is 0.538. The molecule has 0 saturated heterocycles. The van der Waals surface area contributed by atoms with Gasteiger partial charge in [-0.05, 0) is 26.0 Å². The summed E-state index contributed by atoms with van der Waals surface area (Å²) in [6.45, 7) is 6.00. The number of Topliss-reactive ketones (excluding diaryl/α,β-unsaturated/α-hetero) is 1. The maximum absolute atomic E-state index is 11.7. The van der Waals surface area contributed by atoms with E-state index in [2.05, 4.69) is 72.6 Å². The van der Waals surface area contributed by atoms with E-state index in [4.69, 9.17) is 0 Å². The zero-order valence-electron chi connectivity index (χ0n) is 14.7.